The zero-order valence-electron chi connectivity index (χ0n) is 12.9. The average molecular weight is 309 g/mol. The summed E-state index contributed by atoms with van der Waals surface area (Å²) in [5, 5.41) is 0.668. The quantitative estimate of drug-likeness (QED) is 0.911. The first-order chi connectivity index (χ1) is 10.0. The van der Waals surface area contributed by atoms with Gasteiger partial charge in [-0.25, -0.2) is 0 Å². The van der Waals surface area contributed by atoms with E-state index < -0.39 is 0 Å². The van der Waals surface area contributed by atoms with E-state index in [2.05, 4.69) is 18.7 Å². The van der Waals surface area contributed by atoms with Crippen LogP contribution in [0.3, 0.4) is 0 Å². The topological polar surface area (TPSA) is 38.5 Å². The van der Waals surface area contributed by atoms with Crippen LogP contribution in [-0.4, -0.2) is 31.1 Å². The molecule has 2 heterocycles. The number of fused-ring (bicyclic) bond motifs is 1. The summed E-state index contributed by atoms with van der Waals surface area (Å²) in [5.41, 5.74) is 7.53. The molecule has 0 amide bonds. The number of nitrogens with two attached hydrogens (primary N) is 1. The van der Waals surface area contributed by atoms with Crippen LogP contribution in [0.25, 0.3) is 0 Å². The Kier molecular flexibility index (Phi) is 4.43. The number of rotatable bonds is 2. The molecule has 1 aromatic carbocycles. The van der Waals surface area contributed by atoms with Crippen molar-refractivity contribution in [3.05, 3.63) is 28.8 Å². The fourth-order valence-electron chi connectivity index (χ4n) is 3.93. The molecule has 2 N–H and O–H groups in total. The van der Waals surface area contributed by atoms with Gasteiger partial charge in [0.15, 0.2) is 0 Å². The smallest absolute Gasteiger partial charge is 0.142 e. The van der Waals surface area contributed by atoms with E-state index in [-0.39, 0.29) is 6.04 Å². The Balaban J connectivity index is 1.70. The van der Waals surface area contributed by atoms with Gasteiger partial charge in [-0.3, -0.25) is 0 Å². The van der Waals surface area contributed by atoms with E-state index in [1.807, 2.05) is 18.2 Å². The van der Waals surface area contributed by atoms with Gasteiger partial charge >= 0.3 is 0 Å². The molecule has 0 bridgehead atoms. The highest BCUT2D eigenvalue weighted by molar-refractivity contribution is 6.32. The zero-order valence-corrected chi connectivity index (χ0v) is 13.6. The lowest BCUT2D eigenvalue weighted by atomic mass is 9.88. The van der Waals surface area contributed by atoms with Gasteiger partial charge in [-0.15, -0.1) is 0 Å². The molecule has 1 saturated heterocycles. The van der Waals surface area contributed by atoms with Crippen molar-refractivity contribution in [1.29, 1.82) is 0 Å². The van der Waals surface area contributed by atoms with Gasteiger partial charge in [0, 0.05) is 37.2 Å². The highest BCUT2D eigenvalue weighted by atomic mass is 35.5. The van der Waals surface area contributed by atoms with E-state index in [1.54, 1.807) is 0 Å². The van der Waals surface area contributed by atoms with Crippen LogP contribution < -0.4 is 10.5 Å². The van der Waals surface area contributed by atoms with Gasteiger partial charge in [0.05, 0.1) is 11.6 Å². The van der Waals surface area contributed by atoms with Crippen LogP contribution >= 0.6 is 11.6 Å². The second kappa shape index (κ2) is 6.15. The molecule has 0 spiro atoms. The number of piperidine rings is 1. The third-order valence-electron chi connectivity index (χ3n) is 4.74. The third-order valence-corrected chi connectivity index (χ3v) is 5.04. The number of hydrogen-bond donors (Lipinski definition) is 1. The summed E-state index contributed by atoms with van der Waals surface area (Å²) in [6.07, 6.45) is 1.34. The molecule has 21 heavy (non-hydrogen) atoms. The van der Waals surface area contributed by atoms with Crippen LogP contribution in [0.5, 0.6) is 5.75 Å². The summed E-state index contributed by atoms with van der Waals surface area (Å²) in [5.74, 6) is 2.67. The maximum atomic E-state index is 6.48. The van der Waals surface area contributed by atoms with Crippen LogP contribution in [0.15, 0.2) is 18.2 Å². The normalized spacial score (nSPS) is 33.3. The second-order valence-corrected chi connectivity index (χ2v) is 7.33. The lowest BCUT2D eigenvalue weighted by Gasteiger charge is -2.40. The third kappa shape index (κ3) is 3.20. The SMILES string of the molecule is CC1CC(C)CN(CC2COc3c(Cl)cccc3C2N)C1. The van der Waals surface area contributed by atoms with Crippen LogP contribution in [-0.2, 0) is 0 Å². The van der Waals surface area contributed by atoms with Crippen molar-refractivity contribution in [2.75, 3.05) is 26.2 Å². The molecule has 3 nitrogen and oxygen atoms in total. The fraction of sp³-hybridized carbons (Fsp3) is 0.647. The summed E-state index contributed by atoms with van der Waals surface area (Å²) in [6, 6.07) is 5.87. The van der Waals surface area contributed by atoms with Crippen molar-refractivity contribution in [2.45, 2.75) is 26.3 Å². The molecule has 4 heteroatoms. The molecular formula is C17H25ClN2O. The minimum atomic E-state index is 0.0139. The largest absolute Gasteiger partial charge is 0.491 e. The van der Waals surface area contributed by atoms with Gasteiger partial charge in [-0.1, -0.05) is 37.6 Å². The molecule has 3 rings (SSSR count). The molecule has 0 saturated carbocycles. The van der Waals surface area contributed by atoms with Crippen LogP contribution in [0.1, 0.15) is 31.9 Å². The van der Waals surface area contributed by atoms with Crippen molar-refractivity contribution in [3.8, 4) is 5.75 Å². The number of halogens is 1. The van der Waals surface area contributed by atoms with Crippen molar-refractivity contribution in [2.24, 2.45) is 23.5 Å². The van der Waals surface area contributed by atoms with Crippen molar-refractivity contribution in [3.63, 3.8) is 0 Å². The van der Waals surface area contributed by atoms with E-state index >= 15 is 0 Å². The number of hydrogen-bond acceptors (Lipinski definition) is 3. The van der Waals surface area contributed by atoms with E-state index in [0.717, 1.165) is 29.7 Å². The number of likely N-dealkylation sites (tertiary alicyclic amines) is 1. The monoisotopic (exact) mass is 308 g/mol. The standard InChI is InChI=1S/C17H25ClN2O/c1-11-6-12(2)8-20(7-11)9-13-10-21-17-14(16(13)19)4-3-5-15(17)18/h3-5,11-13,16H,6-10,19H2,1-2H3. The molecule has 0 radical (unpaired) electrons. The predicted octanol–water partition coefficient (Wildman–Crippen LogP) is 3.33. The van der Waals surface area contributed by atoms with Crippen molar-refractivity contribution >= 4 is 11.6 Å². The minimum Gasteiger partial charge on any atom is -0.491 e. The van der Waals surface area contributed by atoms with Gasteiger partial charge < -0.3 is 15.4 Å². The molecule has 0 aliphatic carbocycles. The van der Waals surface area contributed by atoms with Gasteiger partial charge in [-0.2, -0.15) is 0 Å². The zero-order chi connectivity index (χ0) is 15.0. The van der Waals surface area contributed by atoms with Crippen LogP contribution in [0, 0.1) is 17.8 Å². The molecule has 4 unspecified atom stereocenters. The Bertz CT molecular complexity index is 498. The Morgan fingerprint density at radius 2 is 2.00 bits per heavy atom. The summed E-state index contributed by atoms with van der Waals surface area (Å²) in [6.45, 7) is 8.72. The summed E-state index contributed by atoms with van der Waals surface area (Å²) in [7, 11) is 0. The minimum absolute atomic E-state index is 0.0139. The van der Waals surface area contributed by atoms with E-state index in [4.69, 9.17) is 22.1 Å². The van der Waals surface area contributed by atoms with Crippen molar-refractivity contribution < 1.29 is 4.74 Å². The Hall–Kier alpha value is -0.770. The second-order valence-electron chi connectivity index (χ2n) is 6.92. The highest BCUT2D eigenvalue weighted by Crippen LogP contribution is 2.39. The Morgan fingerprint density at radius 3 is 2.71 bits per heavy atom. The van der Waals surface area contributed by atoms with Crippen molar-refractivity contribution in [1.82, 2.24) is 4.90 Å². The van der Waals surface area contributed by atoms with Gasteiger partial charge in [0.2, 0.25) is 0 Å². The number of nitrogens with zero attached hydrogens (tertiary/aromatic N) is 1. The van der Waals surface area contributed by atoms with Gasteiger partial charge in [0.25, 0.3) is 0 Å². The lowest BCUT2D eigenvalue weighted by Crippen LogP contribution is -2.45. The predicted molar refractivity (Wildman–Crippen MR) is 86.8 cm³/mol. The average Bonchev–Trinajstić information content (AvgIpc) is 2.41. The summed E-state index contributed by atoms with van der Waals surface area (Å²) >= 11 is 6.19. The molecule has 1 fully saturated rings. The Labute approximate surface area is 132 Å². The Morgan fingerprint density at radius 1 is 1.29 bits per heavy atom. The van der Waals surface area contributed by atoms with Crippen LogP contribution in [0.2, 0.25) is 5.02 Å². The van der Waals surface area contributed by atoms with Gasteiger partial charge in [0.1, 0.15) is 5.75 Å². The molecule has 2 aliphatic rings. The fourth-order valence-corrected chi connectivity index (χ4v) is 4.16. The van der Waals surface area contributed by atoms with Crippen LogP contribution in [0.4, 0.5) is 0 Å². The molecule has 116 valence electrons. The van der Waals surface area contributed by atoms with E-state index in [1.165, 1.54) is 19.5 Å². The first kappa shape index (κ1) is 15.1. The highest BCUT2D eigenvalue weighted by Gasteiger charge is 2.32. The summed E-state index contributed by atoms with van der Waals surface area (Å²) < 4.78 is 5.89. The number of benzene rings is 1. The molecule has 2 aliphatic heterocycles. The lowest BCUT2D eigenvalue weighted by molar-refractivity contribution is 0.0883. The summed E-state index contributed by atoms with van der Waals surface area (Å²) in [4.78, 5) is 2.56. The molecule has 0 aromatic heterocycles. The van der Waals surface area contributed by atoms with E-state index in [0.29, 0.717) is 17.5 Å². The first-order valence-corrected chi connectivity index (χ1v) is 8.31. The number of para-hydroxylation sites is 1. The molecule has 1 aromatic rings. The number of ether oxygens (including phenoxy) is 1. The molecular weight excluding hydrogens is 284 g/mol. The van der Waals surface area contributed by atoms with Gasteiger partial charge in [-0.05, 0) is 24.3 Å². The van der Waals surface area contributed by atoms with E-state index in [9.17, 15) is 0 Å². The maximum absolute atomic E-state index is 6.48. The first-order valence-electron chi connectivity index (χ1n) is 7.93. The molecule has 4 atom stereocenters. The maximum Gasteiger partial charge on any atom is 0.142 e.